The fraction of sp³-hybridized carbons (Fsp3) is 0.722. The average molecular weight is 646 g/mol. The van der Waals surface area contributed by atoms with Crippen LogP contribution in [0.2, 0.25) is 0 Å². The first-order valence-electron chi connectivity index (χ1n) is 17.5. The van der Waals surface area contributed by atoms with Crippen LogP contribution in [0.25, 0.3) is 0 Å². The van der Waals surface area contributed by atoms with Crippen LogP contribution in [-0.4, -0.2) is 65.7 Å². The molecular formula is C36H59N3O7. The molecule has 0 spiro atoms. The van der Waals surface area contributed by atoms with Crippen LogP contribution >= 0.6 is 0 Å². The number of esters is 1. The maximum atomic E-state index is 13.6. The van der Waals surface area contributed by atoms with E-state index in [0.29, 0.717) is 6.42 Å². The lowest BCUT2D eigenvalue weighted by Crippen LogP contribution is -2.60. The van der Waals surface area contributed by atoms with E-state index in [9.17, 15) is 24.3 Å². The Morgan fingerprint density at radius 3 is 1.87 bits per heavy atom. The molecule has 4 N–H and O–H groups in total. The Labute approximate surface area is 276 Å². The van der Waals surface area contributed by atoms with Crippen molar-refractivity contribution in [1.29, 1.82) is 0 Å². The average Bonchev–Trinajstić information content (AvgIpc) is 3.03. The molecule has 1 fully saturated rings. The van der Waals surface area contributed by atoms with Gasteiger partial charge in [-0.1, -0.05) is 122 Å². The number of amides is 3. The number of carbonyl (C=O) groups excluding carboxylic acids is 4. The van der Waals surface area contributed by atoms with E-state index in [0.717, 1.165) is 31.2 Å². The summed E-state index contributed by atoms with van der Waals surface area (Å²) in [5, 5.41) is 18.4. The molecule has 0 unspecified atom stereocenters. The molecule has 1 aliphatic rings. The quantitative estimate of drug-likeness (QED) is 0.131. The van der Waals surface area contributed by atoms with Gasteiger partial charge in [0, 0.05) is 0 Å². The Morgan fingerprint density at radius 1 is 0.761 bits per heavy atom. The molecule has 46 heavy (non-hydrogen) atoms. The summed E-state index contributed by atoms with van der Waals surface area (Å²) in [5.74, 6) is -3.54. The molecule has 0 bridgehead atoms. The van der Waals surface area contributed by atoms with Crippen LogP contribution in [0.3, 0.4) is 0 Å². The normalized spacial score (nSPS) is 23.8. The van der Waals surface area contributed by atoms with E-state index in [2.05, 4.69) is 22.9 Å². The summed E-state index contributed by atoms with van der Waals surface area (Å²) < 4.78 is 11.8. The first-order chi connectivity index (χ1) is 22.0. The Balaban J connectivity index is 2.16. The minimum absolute atomic E-state index is 0.194. The van der Waals surface area contributed by atoms with Crippen molar-refractivity contribution < 1.29 is 33.8 Å². The molecule has 1 aromatic carbocycles. The Hall–Kier alpha value is -2.98. The highest BCUT2D eigenvalue weighted by molar-refractivity contribution is 5.94. The molecule has 10 nitrogen and oxygen atoms in total. The molecule has 1 aromatic rings. The number of cyclic esters (lactones) is 1. The highest BCUT2D eigenvalue weighted by atomic mass is 16.5. The van der Waals surface area contributed by atoms with Gasteiger partial charge >= 0.3 is 5.97 Å². The second-order valence-electron chi connectivity index (χ2n) is 13.1. The molecule has 0 radical (unpaired) electrons. The predicted molar refractivity (Wildman–Crippen MR) is 179 cm³/mol. The Kier molecular flexibility index (Phi) is 18.5. The lowest BCUT2D eigenvalue weighted by Gasteiger charge is -2.28. The maximum Gasteiger partial charge on any atom is 0.331 e. The number of aliphatic hydroxyl groups is 1. The third-order valence-corrected chi connectivity index (χ3v) is 8.64. The standard InChI is InChI=1S/C36H59N3O7/c1-6-7-8-9-10-11-12-13-14-15-19-22-30-26(4)33(41)38-31(25(2)3)34(42)39-32(27(5)40)35(43)37-29(36(44)46-30)24-45-23-28-20-17-16-18-21-28/h16-18,20-21,25-27,29-32,40H,6-15,19,22-24H2,1-5H3,(H,37,43)(H,38,41)(H,39,42)/t26-,27+,29-,30+,31-,32-/m0/s1. The molecule has 10 heteroatoms. The van der Waals surface area contributed by atoms with Crippen LogP contribution in [0.1, 0.15) is 117 Å². The fourth-order valence-corrected chi connectivity index (χ4v) is 5.59. The first-order valence-corrected chi connectivity index (χ1v) is 17.5. The van der Waals surface area contributed by atoms with Crippen LogP contribution < -0.4 is 16.0 Å². The van der Waals surface area contributed by atoms with Gasteiger partial charge in [-0.2, -0.15) is 0 Å². The number of rotatable bonds is 18. The third kappa shape index (κ3) is 14.2. The van der Waals surface area contributed by atoms with Crippen molar-refractivity contribution in [3.63, 3.8) is 0 Å². The summed E-state index contributed by atoms with van der Waals surface area (Å²) in [5.41, 5.74) is 0.889. The highest BCUT2D eigenvalue weighted by Gasteiger charge is 2.37. The van der Waals surface area contributed by atoms with Crippen molar-refractivity contribution in [2.24, 2.45) is 11.8 Å². The number of unbranched alkanes of at least 4 members (excludes halogenated alkanes) is 10. The lowest BCUT2D eigenvalue weighted by molar-refractivity contribution is -0.159. The third-order valence-electron chi connectivity index (χ3n) is 8.64. The van der Waals surface area contributed by atoms with E-state index in [4.69, 9.17) is 9.47 Å². The van der Waals surface area contributed by atoms with E-state index in [1.54, 1.807) is 20.8 Å². The van der Waals surface area contributed by atoms with Gasteiger partial charge in [0.25, 0.3) is 0 Å². The van der Waals surface area contributed by atoms with Gasteiger partial charge in [-0.25, -0.2) is 4.79 Å². The largest absolute Gasteiger partial charge is 0.460 e. The summed E-state index contributed by atoms with van der Waals surface area (Å²) in [4.78, 5) is 53.6. The van der Waals surface area contributed by atoms with Gasteiger partial charge in [-0.3, -0.25) is 14.4 Å². The summed E-state index contributed by atoms with van der Waals surface area (Å²) in [6.45, 7) is 8.87. The van der Waals surface area contributed by atoms with E-state index < -0.39 is 59.9 Å². The molecule has 6 atom stereocenters. The van der Waals surface area contributed by atoms with Gasteiger partial charge in [0.2, 0.25) is 17.7 Å². The molecular weight excluding hydrogens is 586 g/mol. The molecule has 0 aliphatic carbocycles. The molecule has 3 amide bonds. The van der Waals surface area contributed by atoms with Gasteiger partial charge in [0.15, 0.2) is 6.04 Å². The SMILES string of the molecule is CCCCCCCCCCCCC[C@H]1OC(=O)[C@H](COCc2ccccc2)NC(=O)[C@H]([C@@H](C)O)NC(=O)[C@H](C(C)C)NC(=O)[C@H]1C. The zero-order valence-electron chi connectivity index (χ0n) is 28.7. The zero-order chi connectivity index (χ0) is 33.9. The van der Waals surface area contributed by atoms with Crippen molar-refractivity contribution in [3.05, 3.63) is 35.9 Å². The number of hydrogen-bond acceptors (Lipinski definition) is 7. The molecule has 2 rings (SSSR count). The van der Waals surface area contributed by atoms with Crippen molar-refractivity contribution >= 4 is 23.7 Å². The topological polar surface area (TPSA) is 143 Å². The second-order valence-corrected chi connectivity index (χ2v) is 13.1. The van der Waals surface area contributed by atoms with Crippen LogP contribution in [0.4, 0.5) is 0 Å². The number of nitrogens with one attached hydrogen (secondary N) is 3. The number of ether oxygens (including phenoxy) is 2. The van der Waals surface area contributed by atoms with Crippen LogP contribution in [0, 0.1) is 11.8 Å². The lowest BCUT2D eigenvalue weighted by atomic mass is 9.95. The number of carbonyl (C=O) groups is 4. The molecule has 260 valence electrons. The van der Waals surface area contributed by atoms with Crippen LogP contribution in [0.15, 0.2) is 30.3 Å². The zero-order valence-corrected chi connectivity index (χ0v) is 28.7. The predicted octanol–water partition coefficient (Wildman–Crippen LogP) is 4.96. The van der Waals surface area contributed by atoms with Crippen LogP contribution in [0.5, 0.6) is 0 Å². The van der Waals surface area contributed by atoms with Crippen molar-refractivity contribution in [2.45, 2.75) is 149 Å². The van der Waals surface area contributed by atoms with Crippen molar-refractivity contribution in [1.82, 2.24) is 16.0 Å². The van der Waals surface area contributed by atoms with Gasteiger partial charge < -0.3 is 30.5 Å². The number of hydrogen-bond donors (Lipinski definition) is 4. The summed E-state index contributed by atoms with van der Waals surface area (Å²) in [7, 11) is 0. The fourth-order valence-electron chi connectivity index (χ4n) is 5.59. The molecule has 1 heterocycles. The Bertz CT molecular complexity index is 1050. The molecule has 1 aliphatic heterocycles. The summed E-state index contributed by atoms with van der Waals surface area (Å²) in [6.07, 6.45) is 11.3. The number of benzene rings is 1. The smallest absolute Gasteiger partial charge is 0.331 e. The minimum Gasteiger partial charge on any atom is -0.460 e. The van der Waals surface area contributed by atoms with E-state index in [1.807, 2.05) is 30.3 Å². The van der Waals surface area contributed by atoms with Gasteiger partial charge in [0.1, 0.15) is 18.2 Å². The highest BCUT2D eigenvalue weighted by Crippen LogP contribution is 2.20. The monoisotopic (exact) mass is 645 g/mol. The van der Waals surface area contributed by atoms with Crippen molar-refractivity contribution in [2.75, 3.05) is 6.61 Å². The minimum atomic E-state index is -1.36. The summed E-state index contributed by atoms with van der Waals surface area (Å²) in [6, 6.07) is 5.88. The van der Waals surface area contributed by atoms with Gasteiger partial charge in [-0.15, -0.1) is 0 Å². The molecule has 0 saturated carbocycles. The van der Waals surface area contributed by atoms with Gasteiger partial charge in [-0.05, 0) is 31.2 Å². The van der Waals surface area contributed by atoms with Gasteiger partial charge in [0.05, 0.1) is 25.2 Å². The van der Waals surface area contributed by atoms with Crippen molar-refractivity contribution in [3.8, 4) is 0 Å². The maximum absolute atomic E-state index is 13.6. The summed E-state index contributed by atoms with van der Waals surface area (Å²) >= 11 is 0. The second kappa shape index (κ2) is 21.7. The van der Waals surface area contributed by atoms with Crippen LogP contribution in [-0.2, 0) is 35.3 Å². The van der Waals surface area contributed by atoms with E-state index in [-0.39, 0.29) is 19.1 Å². The molecule has 1 saturated heterocycles. The van der Waals surface area contributed by atoms with E-state index in [1.165, 1.54) is 51.9 Å². The first kappa shape index (κ1) is 39.2. The van der Waals surface area contributed by atoms with E-state index >= 15 is 0 Å². The number of aliphatic hydroxyl groups excluding tert-OH is 1. The molecule has 0 aromatic heterocycles. The Morgan fingerprint density at radius 2 is 1.30 bits per heavy atom.